The highest BCUT2D eigenvalue weighted by Gasteiger charge is 2.36. The number of aromatic amines is 1. The van der Waals surface area contributed by atoms with E-state index >= 15 is 0 Å². The molecule has 2 aliphatic carbocycles. The molecule has 2 saturated carbocycles. The monoisotopic (exact) mass is 379 g/mol. The molecule has 27 heavy (non-hydrogen) atoms. The highest BCUT2D eigenvalue weighted by atomic mass is 32.2. The van der Waals surface area contributed by atoms with Crippen molar-refractivity contribution in [3.8, 4) is 0 Å². The molecule has 0 aliphatic heterocycles. The molecular formula is C19H17N5O2S. The van der Waals surface area contributed by atoms with Gasteiger partial charge >= 0.3 is 0 Å². The van der Waals surface area contributed by atoms with Crippen molar-refractivity contribution in [2.45, 2.75) is 48.6 Å². The van der Waals surface area contributed by atoms with Crippen molar-refractivity contribution in [1.82, 2.24) is 24.7 Å². The molecule has 0 bridgehead atoms. The zero-order valence-corrected chi connectivity index (χ0v) is 15.3. The normalized spacial score (nSPS) is 17.2. The number of furan rings is 1. The standard InChI is InChI=1S/C19H17N5O2S/c25-18-16-15(12-3-1-2-4-13(12)26-16)20-14(21-18)9-27-19-23-22-17(10-5-6-10)24(19)11-7-8-11/h1-4,10-11H,5-9H2,(H,20,21,25). The summed E-state index contributed by atoms with van der Waals surface area (Å²) in [5.41, 5.74) is 1.33. The van der Waals surface area contributed by atoms with Crippen LogP contribution >= 0.6 is 11.8 Å². The highest BCUT2D eigenvalue weighted by molar-refractivity contribution is 7.98. The minimum atomic E-state index is -0.242. The van der Waals surface area contributed by atoms with Crippen LogP contribution in [0.2, 0.25) is 0 Å². The smallest absolute Gasteiger partial charge is 0.294 e. The molecule has 0 atom stereocenters. The Morgan fingerprint density at radius 3 is 2.85 bits per heavy atom. The summed E-state index contributed by atoms with van der Waals surface area (Å²) in [4.78, 5) is 19.9. The van der Waals surface area contributed by atoms with Gasteiger partial charge < -0.3 is 14.0 Å². The molecule has 0 spiro atoms. The maximum atomic E-state index is 12.4. The van der Waals surface area contributed by atoms with Gasteiger partial charge in [-0.2, -0.15) is 0 Å². The van der Waals surface area contributed by atoms with Crippen LogP contribution in [-0.2, 0) is 5.75 Å². The Morgan fingerprint density at radius 2 is 2.04 bits per heavy atom. The summed E-state index contributed by atoms with van der Waals surface area (Å²) in [6.45, 7) is 0. The first-order valence-electron chi connectivity index (χ1n) is 9.26. The molecule has 3 aromatic heterocycles. The second kappa shape index (κ2) is 5.69. The van der Waals surface area contributed by atoms with E-state index in [1.807, 2.05) is 24.3 Å². The quantitative estimate of drug-likeness (QED) is 0.531. The van der Waals surface area contributed by atoms with Crippen LogP contribution in [0.25, 0.3) is 22.1 Å². The summed E-state index contributed by atoms with van der Waals surface area (Å²) >= 11 is 1.59. The number of hydrogen-bond acceptors (Lipinski definition) is 6. The largest absolute Gasteiger partial charge is 0.449 e. The summed E-state index contributed by atoms with van der Waals surface area (Å²) in [5, 5.41) is 10.6. The zero-order valence-electron chi connectivity index (χ0n) is 14.5. The van der Waals surface area contributed by atoms with Gasteiger partial charge in [0.1, 0.15) is 22.7 Å². The van der Waals surface area contributed by atoms with Crippen LogP contribution in [-0.4, -0.2) is 24.7 Å². The van der Waals surface area contributed by atoms with Crippen molar-refractivity contribution in [2.24, 2.45) is 0 Å². The van der Waals surface area contributed by atoms with Crippen molar-refractivity contribution in [2.75, 3.05) is 0 Å². The van der Waals surface area contributed by atoms with Crippen LogP contribution in [0.3, 0.4) is 0 Å². The summed E-state index contributed by atoms with van der Waals surface area (Å²) < 4.78 is 7.97. The van der Waals surface area contributed by atoms with E-state index in [0.717, 1.165) is 16.4 Å². The molecule has 1 N–H and O–H groups in total. The van der Waals surface area contributed by atoms with Gasteiger partial charge in [0.15, 0.2) is 5.16 Å². The fraction of sp³-hybridized carbons (Fsp3) is 0.368. The Labute approximate surface area is 158 Å². The Morgan fingerprint density at radius 1 is 1.19 bits per heavy atom. The number of H-pyrrole nitrogens is 1. The molecule has 7 nitrogen and oxygen atoms in total. The maximum Gasteiger partial charge on any atom is 0.294 e. The fourth-order valence-corrected chi connectivity index (χ4v) is 4.41. The topological polar surface area (TPSA) is 89.6 Å². The predicted molar refractivity (Wildman–Crippen MR) is 102 cm³/mol. The summed E-state index contributed by atoms with van der Waals surface area (Å²) in [5.74, 6) is 2.89. The Balaban J connectivity index is 1.35. The molecule has 2 aliphatic rings. The molecule has 0 amide bonds. The van der Waals surface area contributed by atoms with E-state index in [4.69, 9.17) is 4.42 Å². The number of para-hydroxylation sites is 1. The second-order valence-corrected chi connectivity index (χ2v) is 8.24. The van der Waals surface area contributed by atoms with Gasteiger partial charge in [-0.25, -0.2) is 4.98 Å². The van der Waals surface area contributed by atoms with Crippen molar-refractivity contribution < 1.29 is 4.42 Å². The number of benzene rings is 1. The van der Waals surface area contributed by atoms with Gasteiger partial charge in [-0.05, 0) is 37.8 Å². The fourth-order valence-electron chi connectivity index (χ4n) is 3.53. The van der Waals surface area contributed by atoms with Gasteiger partial charge in [0.2, 0.25) is 5.58 Å². The van der Waals surface area contributed by atoms with Gasteiger partial charge in [0, 0.05) is 17.3 Å². The average molecular weight is 379 g/mol. The van der Waals surface area contributed by atoms with Crippen molar-refractivity contribution in [1.29, 1.82) is 0 Å². The molecule has 0 saturated heterocycles. The SMILES string of the molecule is O=c1[nH]c(CSc2nnc(C3CC3)n2C2CC2)nc2c1oc1ccccc12. The van der Waals surface area contributed by atoms with E-state index < -0.39 is 0 Å². The first kappa shape index (κ1) is 15.4. The molecule has 0 radical (unpaired) electrons. The lowest BCUT2D eigenvalue weighted by Crippen LogP contribution is -2.10. The summed E-state index contributed by atoms with van der Waals surface area (Å²) in [7, 11) is 0. The Bertz CT molecular complexity index is 1230. The predicted octanol–water partition coefficient (Wildman–Crippen LogP) is 3.77. The van der Waals surface area contributed by atoms with Crippen LogP contribution in [0.4, 0.5) is 0 Å². The lowest BCUT2D eigenvalue weighted by molar-refractivity contribution is 0.626. The zero-order chi connectivity index (χ0) is 18.0. The first-order chi connectivity index (χ1) is 13.3. The van der Waals surface area contributed by atoms with Gasteiger partial charge in [-0.3, -0.25) is 4.79 Å². The minimum absolute atomic E-state index is 0.242. The van der Waals surface area contributed by atoms with Crippen molar-refractivity contribution in [3.63, 3.8) is 0 Å². The number of nitrogens with zero attached hydrogens (tertiary/aromatic N) is 4. The molecule has 8 heteroatoms. The summed E-state index contributed by atoms with van der Waals surface area (Å²) in [6.07, 6.45) is 4.84. The van der Waals surface area contributed by atoms with Crippen molar-refractivity contribution in [3.05, 3.63) is 46.3 Å². The van der Waals surface area contributed by atoms with Gasteiger partial charge in [-0.15, -0.1) is 10.2 Å². The lowest BCUT2D eigenvalue weighted by atomic mass is 10.2. The molecule has 3 heterocycles. The molecular weight excluding hydrogens is 362 g/mol. The molecule has 4 aromatic rings. The second-order valence-electron chi connectivity index (χ2n) is 7.29. The number of thioether (sulfide) groups is 1. The highest BCUT2D eigenvalue weighted by Crippen LogP contribution is 2.46. The van der Waals surface area contributed by atoms with Gasteiger partial charge in [0.05, 0.1) is 5.75 Å². The first-order valence-corrected chi connectivity index (χ1v) is 10.2. The van der Waals surface area contributed by atoms with Crippen LogP contribution in [0, 0.1) is 0 Å². The minimum Gasteiger partial charge on any atom is -0.449 e. The average Bonchev–Trinajstić information content (AvgIpc) is 3.61. The number of hydrogen-bond donors (Lipinski definition) is 1. The van der Waals surface area contributed by atoms with Gasteiger partial charge in [0.25, 0.3) is 5.56 Å². The Hall–Kier alpha value is -2.61. The third kappa shape index (κ3) is 2.58. The molecule has 2 fully saturated rings. The van der Waals surface area contributed by atoms with Gasteiger partial charge in [-0.1, -0.05) is 23.9 Å². The third-order valence-electron chi connectivity index (χ3n) is 5.16. The third-order valence-corrected chi connectivity index (χ3v) is 6.12. The molecule has 1 aromatic carbocycles. The van der Waals surface area contributed by atoms with E-state index in [1.165, 1.54) is 25.7 Å². The van der Waals surface area contributed by atoms with E-state index in [9.17, 15) is 4.79 Å². The number of nitrogens with one attached hydrogen (secondary N) is 1. The van der Waals surface area contributed by atoms with E-state index in [-0.39, 0.29) is 11.1 Å². The molecule has 6 rings (SSSR count). The van der Waals surface area contributed by atoms with Crippen LogP contribution in [0.5, 0.6) is 0 Å². The van der Waals surface area contributed by atoms with E-state index in [2.05, 4.69) is 24.7 Å². The van der Waals surface area contributed by atoms with Crippen LogP contribution < -0.4 is 5.56 Å². The number of aromatic nitrogens is 5. The van der Waals surface area contributed by atoms with Crippen molar-refractivity contribution >= 4 is 33.8 Å². The lowest BCUT2D eigenvalue weighted by Gasteiger charge is -2.07. The molecule has 136 valence electrons. The Kier molecular flexibility index (Phi) is 3.26. The number of rotatable bonds is 5. The van der Waals surface area contributed by atoms with Crippen LogP contribution in [0.15, 0.2) is 38.6 Å². The van der Waals surface area contributed by atoms with Crippen LogP contribution in [0.1, 0.15) is 49.3 Å². The van der Waals surface area contributed by atoms with E-state index in [1.54, 1.807) is 11.8 Å². The number of fused-ring (bicyclic) bond motifs is 3. The summed E-state index contributed by atoms with van der Waals surface area (Å²) in [6, 6.07) is 8.13. The molecule has 0 unspecified atom stereocenters. The van der Waals surface area contributed by atoms with E-state index in [0.29, 0.717) is 34.6 Å². The maximum absolute atomic E-state index is 12.4.